The van der Waals surface area contributed by atoms with Crippen LogP contribution in [0.3, 0.4) is 0 Å². The topological polar surface area (TPSA) is 73.6 Å². The summed E-state index contributed by atoms with van der Waals surface area (Å²) in [6, 6.07) is 14.7. The predicted molar refractivity (Wildman–Crippen MR) is 92.1 cm³/mol. The van der Waals surface area contributed by atoms with Gasteiger partial charge in [0.1, 0.15) is 13.2 Å². The summed E-state index contributed by atoms with van der Waals surface area (Å²) in [6.45, 7) is 3.03. The molecular formula is C19H22N2O3. The smallest absolute Gasteiger partial charge is 0.237 e. The van der Waals surface area contributed by atoms with Gasteiger partial charge in [-0.1, -0.05) is 36.4 Å². The second-order valence-electron chi connectivity index (χ2n) is 5.93. The molecule has 0 saturated carbocycles. The maximum absolute atomic E-state index is 12.3. The largest absolute Gasteiger partial charge is 0.486 e. The van der Waals surface area contributed by atoms with Crippen molar-refractivity contribution in [1.29, 1.82) is 0 Å². The fraction of sp³-hybridized carbons (Fsp3) is 0.316. The second kappa shape index (κ2) is 7.36. The quantitative estimate of drug-likeness (QED) is 0.883. The van der Waals surface area contributed by atoms with E-state index < -0.39 is 6.04 Å². The van der Waals surface area contributed by atoms with E-state index in [9.17, 15) is 4.79 Å². The first-order valence-electron chi connectivity index (χ1n) is 8.13. The summed E-state index contributed by atoms with van der Waals surface area (Å²) in [7, 11) is 0. The van der Waals surface area contributed by atoms with Gasteiger partial charge in [-0.2, -0.15) is 0 Å². The summed E-state index contributed by atoms with van der Waals surface area (Å²) in [5.74, 6) is 1.29. The Morgan fingerprint density at radius 1 is 1.12 bits per heavy atom. The maximum Gasteiger partial charge on any atom is 0.237 e. The molecule has 0 radical (unpaired) electrons. The molecule has 3 rings (SSSR count). The molecule has 0 aliphatic carbocycles. The van der Waals surface area contributed by atoms with E-state index in [0.29, 0.717) is 25.4 Å². The van der Waals surface area contributed by atoms with Crippen LogP contribution >= 0.6 is 0 Å². The standard InChI is InChI=1S/C19H22N2O3/c1-13(15-7-8-17-18(12-15)24-10-9-23-17)21-19(22)16(20)11-14-5-3-2-4-6-14/h2-8,12-13,16H,9-11,20H2,1H3,(H,21,22)/t13?,16-/m0/s1. The average Bonchev–Trinajstić information content (AvgIpc) is 2.62. The summed E-state index contributed by atoms with van der Waals surface area (Å²) < 4.78 is 11.1. The number of hydrogen-bond donors (Lipinski definition) is 2. The number of nitrogens with two attached hydrogens (primary N) is 1. The van der Waals surface area contributed by atoms with Crippen LogP contribution in [0, 0.1) is 0 Å². The van der Waals surface area contributed by atoms with Crippen LogP contribution in [0.15, 0.2) is 48.5 Å². The molecule has 5 nitrogen and oxygen atoms in total. The van der Waals surface area contributed by atoms with Gasteiger partial charge in [0.2, 0.25) is 5.91 Å². The van der Waals surface area contributed by atoms with Crippen LogP contribution in [0.1, 0.15) is 24.1 Å². The van der Waals surface area contributed by atoms with Gasteiger partial charge in [0.25, 0.3) is 0 Å². The van der Waals surface area contributed by atoms with E-state index in [2.05, 4.69) is 5.32 Å². The molecule has 2 aromatic carbocycles. The molecule has 3 N–H and O–H groups in total. The number of fused-ring (bicyclic) bond motifs is 1. The molecule has 0 bridgehead atoms. The monoisotopic (exact) mass is 326 g/mol. The average molecular weight is 326 g/mol. The van der Waals surface area contributed by atoms with Crippen molar-refractivity contribution >= 4 is 5.91 Å². The highest BCUT2D eigenvalue weighted by Crippen LogP contribution is 2.32. The van der Waals surface area contributed by atoms with Crippen LogP contribution in [0.2, 0.25) is 0 Å². The minimum absolute atomic E-state index is 0.157. The minimum Gasteiger partial charge on any atom is -0.486 e. The number of carbonyl (C=O) groups excluding carboxylic acids is 1. The number of nitrogens with one attached hydrogen (secondary N) is 1. The number of hydrogen-bond acceptors (Lipinski definition) is 4. The number of amides is 1. The van der Waals surface area contributed by atoms with Crippen LogP contribution in [-0.2, 0) is 11.2 Å². The van der Waals surface area contributed by atoms with Crippen molar-refractivity contribution in [3.63, 3.8) is 0 Å². The highest BCUT2D eigenvalue weighted by Gasteiger charge is 2.19. The second-order valence-corrected chi connectivity index (χ2v) is 5.93. The van der Waals surface area contributed by atoms with Gasteiger partial charge in [0, 0.05) is 0 Å². The van der Waals surface area contributed by atoms with Gasteiger partial charge in [-0.05, 0) is 36.6 Å². The lowest BCUT2D eigenvalue weighted by molar-refractivity contribution is -0.123. The van der Waals surface area contributed by atoms with Gasteiger partial charge in [0.05, 0.1) is 12.1 Å². The van der Waals surface area contributed by atoms with Gasteiger partial charge >= 0.3 is 0 Å². The molecule has 0 fully saturated rings. The van der Waals surface area contributed by atoms with Gasteiger partial charge < -0.3 is 20.5 Å². The fourth-order valence-electron chi connectivity index (χ4n) is 2.69. The molecule has 5 heteroatoms. The molecule has 0 aromatic heterocycles. The van der Waals surface area contributed by atoms with Crippen molar-refractivity contribution < 1.29 is 14.3 Å². The summed E-state index contributed by atoms with van der Waals surface area (Å²) in [5, 5.41) is 2.96. The Labute approximate surface area is 141 Å². The van der Waals surface area contributed by atoms with Crippen molar-refractivity contribution in [1.82, 2.24) is 5.32 Å². The Kier molecular flexibility index (Phi) is 5.01. The predicted octanol–water partition coefficient (Wildman–Crippen LogP) is 2.21. The first-order chi connectivity index (χ1) is 11.6. The molecule has 126 valence electrons. The highest BCUT2D eigenvalue weighted by molar-refractivity contribution is 5.82. The van der Waals surface area contributed by atoms with Crippen LogP contribution in [-0.4, -0.2) is 25.2 Å². The van der Waals surface area contributed by atoms with Gasteiger partial charge in [0.15, 0.2) is 11.5 Å². The van der Waals surface area contributed by atoms with Gasteiger partial charge in [-0.25, -0.2) is 0 Å². The molecule has 1 heterocycles. The van der Waals surface area contributed by atoms with Gasteiger partial charge in [-0.15, -0.1) is 0 Å². The molecular weight excluding hydrogens is 304 g/mol. The SMILES string of the molecule is CC(NC(=O)[C@@H](N)Cc1ccccc1)c1ccc2c(c1)OCCO2. The van der Waals surface area contributed by atoms with Crippen LogP contribution < -0.4 is 20.5 Å². The highest BCUT2D eigenvalue weighted by atomic mass is 16.6. The summed E-state index contributed by atoms with van der Waals surface area (Å²) in [4.78, 5) is 12.3. The third kappa shape index (κ3) is 3.86. The van der Waals surface area contributed by atoms with E-state index in [1.165, 1.54) is 0 Å². The van der Waals surface area contributed by atoms with Crippen molar-refractivity contribution in [2.45, 2.75) is 25.4 Å². The number of benzene rings is 2. The Hall–Kier alpha value is -2.53. The first kappa shape index (κ1) is 16.3. The maximum atomic E-state index is 12.3. The zero-order valence-electron chi connectivity index (χ0n) is 13.7. The molecule has 1 amide bonds. The number of carbonyl (C=O) groups is 1. The molecule has 0 saturated heterocycles. The van der Waals surface area contributed by atoms with E-state index >= 15 is 0 Å². The lowest BCUT2D eigenvalue weighted by atomic mass is 10.0. The molecule has 24 heavy (non-hydrogen) atoms. The van der Waals surface area contributed by atoms with Crippen molar-refractivity contribution in [3.8, 4) is 11.5 Å². The molecule has 1 aliphatic heterocycles. The summed E-state index contributed by atoms with van der Waals surface area (Å²) >= 11 is 0. The third-order valence-electron chi connectivity index (χ3n) is 4.06. The number of rotatable bonds is 5. The minimum atomic E-state index is -0.577. The Balaban J connectivity index is 1.61. The van der Waals surface area contributed by atoms with Gasteiger partial charge in [-0.3, -0.25) is 4.79 Å². The van der Waals surface area contributed by atoms with Crippen LogP contribution in [0.5, 0.6) is 11.5 Å². The fourth-order valence-corrected chi connectivity index (χ4v) is 2.69. The zero-order valence-corrected chi connectivity index (χ0v) is 13.7. The normalized spacial score (nSPS) is 15.4. The lowest BCUT2D eigenvalue weighted by Gasteiger charge is -2.22. The van der Waals surface area contributed by atoms with E-state index in [-0.39, 0.29) is 11.9 Å². The van der Waals surface area contributed by atoms with Crippen LogP contribution in [0.4, 0.5) is 0 Å². The molecule has 2 aromatic rings. The summed E-state index contributed by atoms with van der Waals surface area (Å²) in [5.41, 5.74) is 8.04. The zero-order chi connectivity index (χ0) is 16.9. The Bertz CT molecular complexity index is 703. The first-order valence-corrected chi connectivity index (χ1v) is 8.13. The number of ether oxygens (including phenoxy) is 2. The molecule has 1 aliphatic rings. The lowest BCUT2D eigenvalue weighted by Crippen LogP contribution is -2.42. The molecule has 0 spiro atoms. The Morgan fingerprint density at radius 2 is 1.83 bits per heavy atom. The van der Waals surface area contributed by atoms with E-state index in [1.54, 1.807) is 0 Å². The van der Waals surface area contributed by atoms with E-state index in [4.69, 9.17) is 15.2 Å². The summed E-state index contributed by atoms with van der Waals surface area (Å²) in [6.07, 6.45) is 0.514. The third-order valence-corrected chi connectivity index (χ3v) is 4.06. The van der Waals surface area contributed by atoms with E-state index in [1.807, 2.05) is 55.5 Å². The van der Waals surface area contributed by atoms with Crippen molar-refractivity contribution in [2.24, 2.45) is 5.73 Å². The van der Waals surface area contributed by atoms with Crippen LogP contribution in [0.25, 0.3) is 0 Å². The van der Waals surface area contributed by atoms with Crippen molar-refractivity contribution in [2.75, 3.05) is 13.2 Å². The Morgan fingerprint density at radius 3 is 2.58 bits per heavy atom. The molecule has 1 unspecified atom stereocenters. The van der Waals surface area contributed by atoms with E-state index in [0.717, 1.165) is 16.9 Å². The van der Waals surface area contributed by atoms with Crippen molar-refractivity contribution in [3.05, 3.63) is 59.7 Å². The molecule has 2 atom stereocenters.